The highest BCUT2D eigenvalue weighted by Crippen LogP contribution is 2.28. The van der Waals surface area contributed by atoms with Crippen LogP contribution in [-0.2, 0) is 4.74 Å². The summed E-state index contributed by atoms with van der Waals surface area (Å²) in [5.41, 5.74) is 2.27. The Morgan fingerprint density at radius 1 is 1.28 bits per heavy atom. The molecule has 0 atom stereocenters. The van der Waals surface area contributed by atoms with E-state index in [1.165, 1.54) is 0 Å². The maximum absolute atomic E-state index is 11.7. The lowest BCUT2D eigenvalue weighted by molar-refractivity contribution is 0.0526. The number of carbonyl (C=O) groups is 1. The number of ether oxygens (including phenoxy) is 1. The van der Waals surface area contributed by atoms with E-state index >= 15 is 0 Å². The molecule has 0 heterocycles. The van der Waals surface area contributed by atoms with E-state index in [-0.39, 0.29) is 5.97 Å². The zero-order valence-electron chi connectivity index (χ0n) is 9.94. The van der Waals surface area contributed by atoms with Crippen LogP contribution in [0.15, 0.2) is 42.5 Å². The zero-order chi connectivity index (χ0) is 13.0. The minimum Gasteiger partial charge on any atom is -0.462 e. The topological polar surface area (TPSA) is 26.3 Å². The minimum atomic E-state index is -0.335. The van der Waals surface area contributed by atoms with E-state index in [9.17, 15) is 4.79 Å². The van der Waals surface area contributed by atoms with Crippen molar-refractivity contribution in [2.45, 2.75) is 6.92 Å². The first-order chi connectivity index (χ1) is 8.72. The van der Waals surface area contributed by atoms with E-state index in [1.54, 1.807) is 25.1 Å². The summed E-state index contributed by atoms with van der Waals surface area (Å²) in [6.45, 7) is 2.14. The molecular weight excluding hydrogens is 248 g/mol. The molecule has 0 N–H and O–H groups in total. The number of halogens is 1. The number of carbonyl (C=O) groups excluding carboxylic acids is 1. The van der Waals surface area contributed by atoms with Gasteiger partial charge in [-0.05, 0) is 36.8 Å². The number of esters is 1. The predicted molar refractivity (Wildman–Crippen MR) is 71.7 cm³/mol. The molecule has 91 valence electrons. The monoisotopic (exact) mass is 259 g/mol. The van der Waals surface area contributed by atoms with Crippen molar-refractivity contribution in [1.82, 2.24) is 0 Å². The van der Waals surface area contributed by atoms with Gasteiger partial charge in [-0.2, -0.15) is 0 Å². The second-order valence-electron chi connectivity index (χ2n) is 3.70. The molecule has 0 aliphatic carbocycles. The molecular formula is C15H12ClO2. The summed E-state index contributed by atoms with van der Waals surface area (Å²) >= 11 is 6.15. The van der Waals surface area contributed by atoms with Crippen LogP contribution in [0.3, 0.4) is 0 Å². The van der Waals surface area contributed by atoms with Crippen LogP contribution in [0.1, 0.15) is 17.3 Å². The number of benzene rings is 2. The van der Waals surface area contributed by atoms with Crippen LogP contribution in [-0.4, -0.2) is 12.6 Å². The van der Waals surface area contributed by atoms with Gasteiger partial charge < -0.3 is 4.74 Å². The number of rotatable bonds is 3. The normalized spacial score (nSPS) is 10.1. The summed E-state index contributed by atoms with van der Waals surface area (Å²) in [5.74, 6) is -0.335. The Bertz CT molecular complexity index is 550. The van der Waals surface area contributed by atoms with E-state index < -0.39 is 0 Å². The Labute approximate surface area is 111 Å². The van der Waals surface area contributed by atoms with Gasteiger partial charge in [0.05, 0.1) is 12.2 Å². The van der Waals surface area contributed by atoms with Gasteiger partial charge >= 0.3 is 5.97 Å². The molecule has 3 heteroatoms. The Morgan fingerprint density at radius 2 is 2.00 bits per heavy atom. The van der Waals surface area contributed by atoms with Gasteiger partial charge in [-0.1, -0.05) is 35.9 Å². The average Bonchev–Trinajstić information content (AvgIpc) is 2.40. The average molecular weight is 260 g/mol. The van der Waals surface area contributed by atoms with Crippen LogP contribution in [0.25, 0.3) is 11.1 Å². The molecule has 0 aromatic heterocycles. The molecule has 0 bridgehead atoms. The Morgan fingerprint density at radius 3 is 2.67 bits per heavy atom. The number of hydrogen-bond donors (Lipinski definition) is 0. The summed E-state index contributed by atoms with van der Waals surface area (Å²) in [5, 5.41) is 0.606. The summed E-state index contributed by atoms with van der Waals surface area (Å²) in [6.07, 6.45) is 0. The molecule has 0 fully saturated rings. The fourth-order valence-electron chi connectivity index (χ4n) is 1.65. The molecule has 0 aliphatic heterocycles. The summed E-state index contributed by atoms with van der Waals surface area (Å²) in [7, 11) is 0. The lowest BCUT2D eigenvalue weighted by atomic mass is 10.0. The van der Waals surface area contributed by atoms with Crippen molar-refractivity contribution in [2.24, 2.45) is 0 Å². The lowest BCUT2D eigenvalue weighted by Gasteiger charge is -2.07. The van der Waals surface area contributed by atoms with Gasteiger partial charge in [0.25, 0.3) is 0 Å². The van der Waals surface area contributed by atoms with Crippen LogP contribution in [0, 0.1) is 6.07 Å². The van der Waals surface area contributed by atoms with E-state index in [0.717, 1.165) is 11.1 Å². The van der Waals surface area contributed by atoms with E-state index in [0.29, 0.717) is 17.2 Å². The fraction of sp³-hybridized carbons (Fsp3) is 0.133. The second-order valence-corrected chi connectivity index (χ2v) is 4.11. The summed E-state index contributed by atoms with van der Waals surface area (Å²) < 4.78 is 4.97. The minimum absolute atomic E-state index is 0.335. The predicted octanol–water partition coefficient (Wildman–Crippen LogP) is 3.98. The lowest BCUT2D eigenvalue weighted by Crippen LogP contribution is -2.04. The van der Waals surface area contributed by atoms with Crippen molar-refractivity contribution in [3.05, 3.63) is 59.1 Å². The van der Waals surface area contributed by atoms with Gasteiger partial charge in [0, 0.05) is 10.6 Å². The molecule has 2 aromatic rings. The molecule has 0 amide bonds. The molecule has 2 aromatic carbocycles. The molecule has 0 saturated heterocycles. The summed E-state index contributed by atoms with van der Waals surface area (Å²) in [4.78, 5) is 11.7. The molecule has 18 heavy (non-hydrogen) atoms. The van der Waals surface area contributed by atoms with Crippen molar-refractivity contribution in [3.63, 3.8) is 0 Å². The quantitative estimate of drug-likeness (QED) is 0.780. The van der Waals surface area contributed by atoms with Crippen molar-refractivity contribution >= 4 is 17.6 Å². The van der Waals surface area contributed by atoms with Crippen LogP contribution in [0.5, 0.6) is 0 Å². The Kier molecular flexibility index (Phi) is 4.00. The molecule has 1 radical (unpaired) electrons. The van der Waals surface area contributed by atoms with Crippen molar-refractivity contribution in [2.75, 3.05) is 6.61 Å². The van der Waals surface area contributed by atoms with Crippen molar-refractivity contribution < 1.29 is 9.53 Å². The zero-order valence-corrected chi connectivity index (χ0v) is 10.7. The molecule has 0 aliphatic rings. The van der Waals surface area contributed by atoms with E-state index in [4.69, 9.17) is 16.3 Å². The summed E-state index contributed by atoms with van der Waals surface area (Å²) in [6, 6.07) is 15.5. The van der Waals surface area contributed by atoms with E-state index in [1.807, 2.05) is 24.3 Å². The largest absolute Gasteiger partial charge is 0.462 e. The first-order valence-corrected chi connectivity index (χ1v) is 6.03. The molecule has 2 nitrogen and oxygen atoms in total. The SMILES string of the molecule is CCOC(=O)c1ccc(Cl)c(-c2cc[c]cc2)c1. The van der Waals surface area contributed by atoms with Crippen LogP contribution < -0.4 is 0 Å². The highest BCUT2D eigenvalue weighted by Gasteiger charge is 2.10. The maximum Gasteiger partial charge on any atom is 0.338 e. The first-order valence-electron chi connectivity index (χ1n) is 5.65. The molecule has 0 unspecified atom stereocenters. The highest BCUT2D eigenvalue weighted by atomic mass is 35.5. The van der Waals surface area contributed by atoms with Crippen LogP contribution in [0.4, 0.5) is 0 Å². The van der Waals surface area contributed by atoms with Gasteiger partial charge in [-0.3, -0.25) is 0 Å². The standard InChI is InChI=1S/C15H12ClO2/c1-2-18-15(17)12-8-9-14(16)13(10-12)11-6-4-3-5-7-11/h4-10H,2H2,1H3. The van der Waals surface area contributed by atoms with Crippen LogP contribution >= 0.6 is 11.6 Å². The van der Waals surface area contributed by atoms with Gasteiger partial charge in [0.1, 0.15) is 0 Å². The molecule has 2 rings (SSSR count). The van der Waals surface area contributed by atoms with Gasteiger partial charge in [-0.15, -0.1) is 0 Å². The smallest absolute Gasteiger partial charge is 0.338 e. The Balaban J connectivity index is 2.42. The van der Waals surface area contributed by atoms with Crippen LogP contribution in [0.2, 0.25) is 5.02 Å². The van der Waals surface area contributed by atoms with Gasteiger partial charge in [0.15, 0.2) is 0 Å². The number of hydrogen-bond acceptors (Lipinski definition) is 2. The first kappa shape index (κ1) is 12.7. The van der Waals surface area contributed by atoms with Crippen molar-refractivity contribution in [3.8, 4) is 11.1 Å². The maximum atomic E-state index is 11.7. The third-order valence-corrected chi connectivity index (χ3v) is 2.84. The second kappa shape index (κ2) is 5.69. The van der Waals surface area contributed by atoms with Gasteiger partial charge in [0.2, 0.25) is 0 Å². The third-order valence-electron chi connectivity index (χ3n) is 2.51. The molecule has 0 spiro atoms. The fourth-order valence-corrected chi connectivity index (χ4v) is 1.88. The van der Waals surface area contributed by atoms with Gasteiger partial charge in [-0.25, -0.2) is 4.79 Å². The third kappa shape index (κ3) is 2.71. The molecule has 0 saturated carbocycles. The van der Waals surface area contributed by atoms with Crippen molar-refractivity contribution in [1.29, 1.82) is 0 Å². The highest BCUT2D eigenvalue weighted by molar-refractivity contribution is 6.33. The van der Waals surface area contributed by atoms with E-state index in [2.05, 4.69) is 6.07 Å². The Hall–Kier alpha value is -1.80.